The first-order valence-electron chi connectivity index (χ1n) is 9.63. The number of carbonyl (C=O) groups is 1. The van der Waals surface area contributed by atoms with E-state index in [2.05, 4.69) is 5.32 Å². The van der Waals surface area contributed by atoms with Crippen LogP contribution in [0.4, 0.5) is 4.79 Å². The van der Waals surface area contributed by atoms with Crippen LogP contribution in [-0.2, 0) is 21.2 Å². The van der Waals surface area contributed by atoms with E-state index in [-0.39, 0.29) is 10.0 Å². The molecule has 4 aromatic rings. The Kier molecular flexibility index (Phi) is 5.53. The Bertz CT molecular complexity index is 1380. The number of amides is 1. The summed E-state index contributed by atoms with van der Waals surface area (Å²) in [4.78, 5) is 12.7. The van der Waals surface area contributed by atoms with E-state index in [1.807, 2.05) is 17.5 Å². The number of carbonyl (C=O) groups excluding carboxylic acids is 1. The number of halogens is 1. The van der Waals surface area contributed by atoms with Gasteiger partial charge in [0, 0.05) is 29.7 Å². The number of rotatable bonds is 5. The van der Waals surface area contributed by atoms with Crippen LogP contribution >= 0.6 is 22.9 Å². The molecule has 0 saturated heterocycles. The van der Waals surface area contributed by atoms with E-state index in [9.17, 15) is 13.2 Å². The minimum atomic E-state index is -3.95. The lowest BCUT2D eigenvalue weighted by Crippen LogP contribution is -2.33. The van der Waals surface area contributed by atoms with Crippen LogP contribution in [0.5, 0.6) is 0 Å². The molecule has 0 aliphatic carbocycles. The first-order chi connectivity index (χ1) is 14.6. The maximum Gasteiger partial charge on any atom is 0.407 e. The molecule has 1 amide bonds. The molecule has 0 unspecified atom stereocenters. The zero-order valence-electron chi connectivity index (χ0n) is 17.3. The molecule has 3 aromatic heterocycles. The van der Waals surface area contributed by atoms with Crippen molar-refractivity contribution in [2.24, 2.45) is 0 Å². The normalized spacial score (nSPS) is 12.5. The van der Waals surface area contributed by atoms with Crippen molar-refractivity contribution >= 4 is 54.8 Å². The Morgan fingerprint density at radius 1 is 1.26 bits per heavy atom. The fraction of sp³-hybridized carbons (Fsp3) is 0.286. The van der Waals surface area contributed by atoms with E-state index in [1.54, 1.807) is 55.8 Å². The van der Waals surface area contributed by atoms with Gasteiger partial charge in [-0.2, -0.15) is 8.42 Å². The van der Waals surface area contributed by atoms with Gasteiger partial charge in [0.25, 0.3) is 10.0 Å². The Morgan fingerprint density at radius 2 is 2.00 bits per heavy atom. The molecule has 0 saturated carbocycles. The molecule has 0 bridgehead atoms. The Labute approximate surface area is 189 Å². The second-order valence-electron chi connectivity index (χ2n) is 8.06. The minimum absolute atomic E-state index is 0.0320. The first kappa shape index (κ1) is 21.7. The summed E-state index contributed by atoms with van der Waals surface area (Å²) in [6.07, 6.45) is 3.22. The van der Waals surface area contributed by atoms with Crippen molar-refractivity contribution in [1.82, 2.24) is 13.7 Å². The van der Waals surface area contributed by atoms with Crippen molar-refractivity contribution < 1.29 is 17.9 Å². The zero-order chi connectivity index (χ0) is 22.4. The summed E-state index contributed by atoms with van der Waals surface area (Å²) in [7, 11) is -3.95. The van der Waals surface area contributed by atoms with Crippen LogP contribution in [0.25, 0.3) is 15.7 Å². The fourth-order valence-electron chi connectivity index (χ4n) is 3.42. The molecule has 0 atom stereocenters. The molecule has 3 heterocycles. The molecular weight excluding hydrogens is 458 g/mol. The first-order valence-corrected chi connectivity index (χ1v) is 12.3. The van der Waals surface area contributed by atoms with Gasteiger partial charge in [-0.1, -0.05) is 29.8 Å². The van der Waals surface area contributed by atoms with E-state index in [0.717, 1.165) is 15.8 Å². The van der Waals surface area contributed by atoms with E-state index >= 15 is 0 Å². The summed E-state index contributed by atoms with van der Waals surface area (Å²) in [6, 6.07) is 8.91. The predicted molar refractivity (Wildman–Crippen MR) is 123 cm³/mol. The van der Waals surface area contributed by atoms with Crippen molar-refractivity contribution in [3.63, 3.8) is 0 Å². The molecule has 0 aliphatic rings. The molecule has 10 heteroatoms. The smallest absolute Gasteiger partial charge is 0.407 e. The largest absolute Gasteiger partial charge is 0.444 e. The lowest BCUT2D eigenvalue weighted by molar-refractivity contribution is 0.0528. The number of para-hydroxylation sites is 1. The summed E-state index contributed by atoms with van der Waals surface area (Å²) < 4.78 is 35.2. The number of alkyl carbamates (subject to hydrolysis) is 1. The third-order valence-corrected chi connectivity index (χ3v) is 7.58. The number of hydrogen-bond donors (Lipinski definition) is 1. The van der Waals surface area contributed by atoms with Crippen molar-refractivity contribution in [3.8, 4) is 0 Å². The summed E-state index contributed by atoms with van der Waals surface area (Å²) in [5.74, 6) is 0. The summed E-state index contributed by atoms with van der Waals surface area (Å²) in [6.45, 7) is 5.69. The third-order valence-electron chi connectivity index (χ3n) is 4.64. The molecule has 7 nitrogen and oxygen atoms in total. The van der Waals surface area contributed by atoms with Crippen LogP contribution in [0.3, 0.4) is 0 Å². The number of fused-ring (bicyclic) bond motifs is 2. The number of nitrogens with zero attached hydrogens (tertiary/aromatic N) is 2. The van der Waals surface area contributed by atoms with E-state index in [4.69, 9.17) is 16.3 Å². The van der Waals surface area contributed by atoms with Gasteiger partial charge in [-0.25, -0.2) is 8.77 Å². The van der Waals surface area contributed by atoms with Gasteiger partial charge in [0.2, 0.25) is 0 Å². The van der Waals surface area contributed by atoms with E-state index < -0.39 is 21.7 Å². The molecule has 31 heavy (non-hydrogen) atoms. The molecule has 4 rings (SSSR count). The van der Waals surface area contributed by atoms with Gasteiger partial charge in [-0.05, 0) is 44.9 Å². The van der Waals surface area contributed by atoms with Gasteiger partial charge >= 0.3 is 6.09 Å². The van der Waals surface area contributed by atoms with Crippen LogP contribution in [0.1, 0.15) is 26.3 Å². The highest BCUT2D eigenvalue weighted by Crippen LogP contribution is 2.33. The number of thiazole rings is 1. The predicted octanol–water partition coefficient (Wildman–Crippen LogP) is 4.91. The number of nitrogens with one attached hydrogen (secondary N) is 1. The molecule has 0 fully saturated rings. The minimum Gasteiger partial charge on any atom is -0.444 e. The van der Waals surface area contributed by atoms with Crippen LogP contribution in [-0.4, -0.2) is 35.0 Å². The fourth-order valence-corrected chi connectivity index (χ4v) is 6.38. The highest BCUT2D eigenvalue weighted by Gasteiger charge is 2.27. The van der Waals surface area contributed by atoms with Crippen LogP contribution < -0.4 is 5.32 Å². The lowest BCUT2D eigenvalue weighted by Gasteiger charge is -2.19. The zero-order valence-corrected chi connectivity index (χ0v) is 19.6. The lowest BCUT2D eigenvalue weighted by atomic mass is 10.1. The number of ether oxygens (including phenoxy) is 1. The van der Waals surface area contributed by atoms with Gasteiger partial charge in [-0.3, -0.25) is 4.40 Å². The van der Waals surface area contributed by atoms with Crippen molar-refractivity contribution in [3.05, 3.63) is 58.7 Å². The highest BCUT2D eigenvalue weighted by molar-refractivity contribution is 7.90. The summed E-state index contributed by atoms with van der Waals surface area (Å²) in [5, 5.41) is 5.53. The Morgan fingerprint density at radius 3 is 2.74 bits per heavy atom. The maximum absolute atomic E-state index is 13.6. The maximum atomic E-state index is 13.6. The SMILES string of the molecule is CC(C)(C)OC(=O)NCCc1cn(S(=O)(=O)c2c(Cl)cc3sccn23)c2ccccc12. The molecular formula is C21H22ClN3O4S2. The molecule has 0 spiro atoms. The van der Waals surface area contributed by atoms with E-state index in [0.29, 0.717) is 18.5 Å². The average Bonchev–Trinajstić information content (AvgIpc) is 3.33. The Balaban J connectivity index is 1.68. The quantitative estimate of drug-likeness (QED) is 0.440. The summed E-state index contributed by atoms with van der Waals surface area (Å²) in [5.41, 5.74) is 0.762. The van der Waals surface area contributed by atoms with Gasteiger partial charge in [0.1, 0.15) is 10.4 Å². The Hall–Kier alpha value is -2.49. The van der Waals surface area contributed by atoms with Crippen molar-refractivity contribution in [2.75, 3.05) is 6.54 Å². The van der Waals surface area contributed by atoms with Gasteiger partial charge in [-0.15, -0.1) is 11.3 Å². The van der Waals surface area contributed by atoms with Gasteiger partial charge < -0.3 is 10.1 Å². The number of aromatic nitrogens is 2. The second kappa shape index (κ2) is 7.89. The standard InChI is InChI=1S/C21H22ClN3O4S2/c1-21(2,3)29-20(26)23-9-8-14-13-25(17-7-5-4-6-15(14)17)31(27,28)19-16(22)12-18-24(19)10-11-30-18/h4-7,10-13H,8-9H2,1-3H3,(H,23,26). The van der Waals surface area contributed by atoms with Crippen LogP contribution in [0.15, 0.2) is 53.1 Å². The highest BCUT2D eigenvalue weighted by atomic mass is 35.5. The van der Waals surface area contributed by atoms with Crippen LogP contribution in [0.2, 0.25) is 5.02 Å². The van der Waals surface area contributed by atoms with Crippen LogP contribution in [0, 0.1) is 0 Å². The van der Waals surface area contributed by atoms with Crippen molar-refractivity contribution in [2.45, 2.75) is 37.8 Å². The molecule has 1 N–H and O–H groups in total. The monoisotopic (exact) mass is 479 g/mol. The number of benzene rings is 1. The second-order valence-corrected chi connectivity index (χ2v) is 11.1. The molecule has 1 aromatic carbocycles. The van der Waals surface area contributed by atoms with Gasteiger partial charge in [0.05, 0.1) is 10.5 Å². The number of hydrogen-bond acceptors (Lipinski definition) is 5. The van der Waals surface area contributed by atoms with E-state index in [1.165, 1.54) is 15.3 Å². The summed E-state index contributed by atoms with van der Waals surface area (Å²) >= 11 is 7.72. The third kappa shape index (κ3) is 4.17. The molecule has 0 aliphatic heterocycles. The molecule has 164 valence electrons. The van der Waals surface area contributed by atoms with Crippen molar-refractivity contribution in [1.29, 1.82) is 0 Å². The molecule has 0 radical (unpaired) electrons. The topological polar surface area (TPSA) is 81.8 Å². The van der Waals surface area contributed by atoms with Gasteiger partial charge in [0.15, 0.2) is 5.03 Å². The average molecular weight is 480 g/mol.